The molecule has 3 aromatic carbocycles. The van der Waals surface area contributed by atoms with E-state index in [2.05, 4.69) is 5.16 Å². The molecule has 0 aliphatic heterocycles. The molecule has 0 saturated heterocycles. The van der Waals surface area contributed by atoms with Crippen LogP contribution in [-0.4, -0.2) is 11.8 Å². The van der Waals surface area contributed by atoms with Gasteiger partial charge in [0, 0.05) is 16.7 Å². The summed E-state index contributed by atoms with van der Waals surface area (Å²) < 4.78 is 31.9. The van der Waals surface area contributed by atoms with Crippen molar-refractivity contribution in [1.29, 1.82) is 0 Å². The fourth-order valence-electron chi connectivity index (χ4n) is 2.43. The molecular weight excluding hydrogens is 437 g/mol. The molecule has 0 atom stereocenters. The van der Waals surface area contributed by atoms with Crippen LogP contribution >= 0.6 is 23.2 Å². The van der Waals surface area contributed by atoms with Crippen LogP contribution in [0.2, 0.25) is 10.0 Å². The van der Waals surface area contributed by atoms with E-state index in [1.807, 2.05) is 0 Å². The largest absolute Gasteiger partial charge is 0.486 e. The number of nitrogens with zero attached hydrogens (tertiary/aromatic N) is 1. The Hall–Kier alpha value is -3.16. The van der Waals surface area contributed by atoms with Gasteiger partial charge in [0.05, 0.1) is 10.6 Å². The van der Waals surface area contributed by atoms with Gasteiger partial charge >= 0.3 is 5.97 Å². The standard InChI is InChI=1S/C21H14Cl2F2N2O3/c22-14-4-6-16(17(23)9-14)20(26)27-30-21(28)13-3-1-2-12(8-13)11-29-19-7-5-15(24)10-18(19)25/h1-10H,11H2,(H2,26,27). The molecule has 0 unspecified atom stereocenters. The quantitative estimate of drug-likeness (QED) is 0.238. The Morgan fingerprint density at radius 1 is 1.03 bits per heavy atom. The molecule has 0 saturated carbocycles. The molecule has 0 aromatic heterocycles. The van der Waals surface area contributed by atoms with Gasteiger partial charge in [0.15, 0.2) is 17.4 Å². The fraction of sp³-hybridized carbons (Fsp3) is 0.0476. The van der Waals surface area contributed by atoms with Gasteiger partial charge in [-0.2, -0.15) is 0 Å². The van der Waals surface area contributed by atoms with Gasteiger partial charge in [-0.05, 0) is 48.0 Å². The van der Waals surface area contributed by atoms with Crippen LogP contribution < -0.4 is 10.5 Å². The van der Waals surface area contributed by atoms with E-state index in [9.17, 15) is 13.6 Å². The zero-order valence-electron chi connectivity index (χ0n) is 15.2. The minimum absolute atomic E-state index is 0.0462. The number of benzene rings is 3. The Kier molecular flexibility index (Phi) is 6.87. The summed E-state index contributed by atoms with van der Waals surface area (Å²) in [5, 5.41) is 4.29. The van der Waals surface area contributed by atoms with E-state index in [0.29, 0.717) is 16.1 Å². The van der Waals surface area contributed by atoms with Gasteiger partial charge < -0.3 is 15.3 Å². The Balaban J connectivity index is 1.66. The predicted molar refractivity (Wildman–Crippen MR) is 110 cm³/mol. The average Bonchev–Trinajstić information content (AvgIpc) is 2.71. The Labute approximate surface area is 180 Å². The van der Waals surface area contributed by atoms with Crippen LogP contribution in [0.1, 0.15) is 21.5 Å². The molecule has 0 fully saturated rings. The van der Waals surface area contributed by atoms with Gasteiger partial charge in [-0.1, -0.05) is 40.5 Å². The van der Waals surface area contributed by atoms with Gasteiger partial charge in [-0.3, -0.25) is 0 Å². The Bertz CT molecular complexity index is 1120. The number of oxime groups is 1. The van der Waals surface area contributed by atoms with Crippen LogP contribution in [-0.2, 0) is 11.4 Å². The van der Waals surface area contributed by atoms with E-state index >= 15 is 0 Å². The Morgan fingerprint density at radius 3 is 2.57 bits per heavy atom. The normalized spacial score (nSPS) is 11.3. The van der Waals surface area contributed by atoms with Crippen molar-refractivity contribution < 1.29 is 23.1 Å². The summed E-state index contributed by atoms with van der Waals surface area (Å²) in [6.45, 7) is -0.0462. The first-order chi connectivity index (χ1) is 14.3. The molecule has 154 valence electrons. The highest BCUT2D eigenvalue weighted by molar-refractivity contribution is 6.36. The van der Waals surface area contributed by atoms with Gasteiger partial charge in [-0.25, -0.2) is 13.6 Å². The molecule has 3 aromatic rings. The number of carbonyl (C=O) groups excluding carboxylic acids is 1. The highest BCUT2D eigenvalue weighted by Gasteiger charge is 2.12. The van der Waals surface area contributed by atoms with Crippen molar-refractivity contribution in [2.75, 3.05) is 0 Å². The first-order valence-electron chi connectivity index (χ1n) is 8.50. The van der Waals surface area contributed by atoms with Crippen LogP contribution in [0.3, 0.4) is 0 Å². The third kappa shape index (κ3) is 5.46. The summed E-state index contributed by atoms with van der Waals surface area (Å²) in [7, 11) is 0. The van der Waals surface area contributed by atoms with Crippen molar-refractivity contribution in [3.63, 3.8) is 0 Å². The average molecular weight is 451 g/mol. The maximum atomic E-state index is 13.6. The lowest BCUT2D eigenvalue weighted by molar-refractivity contribution is 0.0516. The van der Waals surface area contributed by atoms with Crippen LogP contribution in [0.15, 0.2) is 65.8 Å². The number of carbonyl (C=O) groups is 1. The fourth-order valence-corrected chi connectivity index (χ4v) is 2.94. The second-order valence-corrected chi connectivity index (χ2v) is 6.89. The molecule has 0 amide bonds. The lowest BCUT2D eigenvalue weighted by atomic mass is 10.1. The van der Waals surface area contributed by atoms with Crippen LogP contribution in [0.4, 0.5) is 8.78 Å². The third-order valence-corrected chi connectivity index (χ3v) is 4.43. The number of halogens is 4. The van der Waals surface area contributed by atoms with Crippen molar-refractivity contribution >= 4 is 35.0 Å². The second kappa shape index (κ2) is 9.56. The molecule has 0 spiro atoms. The number of rotatable bonds is 6. The van der Waals surface area contributed by atoms with Crippen molar-refractivity contribution in [3.8, 4) is 5.75 Å². The molecule has 0 bridgehead atoms. The first kappa shape index (κ1) is 21.5. The lowest BCUT2D eigenvalue weighted by Gasteiger charge is -2.08. The number of hydrogen-bond acceptors (Lipinski definition) is 4. The van der Waals surface area contributed by atoms with E-state index in [1.165, 1.54) is 24.3 Å². The van der Waals surface area contributed by atoms with Crippen molar-refractivity contribution in [2.45, 2.75) is 6.61 Å². The SMILES string of the molecule is N/C(=N\OC(=O)c1cccc(COc2ccc(F)cc2F)c1)c1ccc(Cl)cc1Cl. The smallest absolute Gasteiger partial charge is 0.365 e. The molecular formula is C21H14Cl2F2N2O3. The summed E-state index contributed by atoms with van der Waals surface area (Å²) in [4.78, 5) is 17.1. The highest BCUT2D eigenvalue weighted by Crippen LogP contribution is 2.21. The van der Waals surface area contributed by atoms with Gasteiger partial charge in [-0.15, -0.1) is 0 Å². The van der Waals surface area contributed by atoms with Crippen molar-refractivity contribution in [1.82, 2.24) is 0 Å². The molecule has 0 heterocycles. The van der Waals surface area contributed by atoms with E-state index < -0.39 is 17.6 Å². The zero-order chi connectivity index (χ0) is 21.7. The number of nitrogens with two attached hydrogens (primary N) is 1. The summed E-state index contributed by atoms with van der Waals surface area (Å²) in [6.07, 6.45) is 0. The topological polar surface area (TPSA) is 73.9 Å². The maximum absolute atomic E-state index is 13.6. The first-order valence-corrected chi connectivity index (χ1v) is 9.26. The third-order valence-electron chi connectivity index (χ3n) is 3.88. The molecule has 0 aliphatic rings. The molecule has 0 aliphatic carbocycles. The van der Waals surface area contributed by atoms with E-state index in [-0.39, 0.29) is 28.8 Å². The maximum Gasteiger partial charge on any atom is 0.365 e. The van der Waals surface area contributed by atoms with Gasteiger partial charge in [0.2, 0.25) is 0 Å². The number of ether oxygens (including phenoxy) is 1. The molecule has 0 radical (unpaired) electrons. The van der Waals surface area contributed by atoms with Gasteiger partial charge in [0.25, 0.3) is 0 Å². The van der Waals surface area contributed by atoms with Crippen LogP contribution in [0, 0.1) is 11.6 Å². The Morgan fingerprint density at radius 2 is 1.83 bits per heavy atom. The van der Waals surface area contributed by atoms with Gasteiger partial charge in [0.1, 0.15) is 12.4 Å². The number of hydrogen-bond donors (Lipinski definition) is 1. The van der Waals surface area contributed by atoms with Crippen LogP contribution in [0.5, 0.6) is 5.75 Å². The van der Waals surface area contributed by atoms with E-state index in [1.54, 1.807) is 24.3 Å². The van der Waals surface area contributed by atoms with Crippen molar-refractivity contribution in [2.24, 2.45) is 10.9 Å². The zero-order valence-corrected chi connectivity index (χ0v) is 16.8. The second-order valence-electron chi connectivity index (χ2n) is 6.04. The predicted octanol–water partition coefficient (Wildman–Crippen LogP) is 5.33. The summed E-state index contributed by atoms with van der Waals surface area (Å²) in [5.74, 6) is -2.50. The molecule has 9 heteroatoms. The highest BCUT2D eigenvalue weighted by atomic mass is 35.5. The summed E-state index contributed by atoms with van der Waals surface area (Å²) >= 11 is 11.9. The monoisotopic (exact) mass is 450 g/mol. The molecule has 5 nitrogen and oxygen atoms in total. The van der Waals surface area contributed by atoms with E-state index in [0.717, 1.165) is 12.1 Å². The summed E-state index contributed by atoms with van der Waals surface area (Å²) in [6, 6.07) is 13.8. The molecule has 3 rings (SSSR count). The minimum atomic E-state index is -0.823. The molecule has 2 N–H and O–H groups in total. The van der Waals surface area contributed by atoms with Crippen molar-refractivity contribution in [3.05, 3.63) is 99.0 Å². The van der Waals surface area contributed by atoms with E-state index in [4.69, 9.17) is 38.5 Å². The number of amidine groups is 1. The molecule has 30 heavy (non-hydrogen) atoms. The van der Waals surface area contributed by atoms with Crippen LogP contribution in [0.25, 0.3) is 0 Å². The lowest BCUT2D eigenvalue weighted by Crippen LogP contribution is -2.16. The minimum Gasteiger partial charge on any atom is -0.486 e. The summed E-state index contributed by atoms with van der Waals surface area (Å²) in [5.41, 5.74) is 6.90.